The van der Waals surface area contributed by atoms with Crippen molar-refractivity contribution >= 4 is 27.8 Å². The highest BCUT2D eigenvalue weighted by atomic mass is 32.2. The second-order valence-electron chi connectivity index (χ2n) is 7.02. The smallest absolute Gasteiger partial charge is 0.160 e. The number of rotatable bonds is 3. The van der Waals surface area contributed by atoms with Crippen molar-refractivity contribution in [1.82, 2.24) is 14.5 Å². The fourth-order valence-electron chi connectivity index (χ4n) is 4.23. The predicted molar refractivity (Wildman–Crippen MR) is 109 cm³/mol. The number of aryl methyl sites for hydroxylation is 1. The zero-order valence-corrected chi connectivity index (χ0v) is 15.9. The Bertz CT molecular complexity index is 978. The fourth-order valence-corrected chi connectivity index (χ4v) is 5.32. The summed E-state index contributed by atoms with van der Waals surface area (Å²) in [5.41, 5.74) is 3.73. The summed E-state index contributed by atoms with van der Waals surface area (Å²) >= 11 is 1.89. The molecule has 5 heteroatoms. The number of nitrogens with zero attached hydrogens (tertiary/aromatic N) is 4. The van der Waals surface area contributed by atoms with E-state index < -0.39 is 0 Å². The summed E-state index contributed by atoms with van der Waals surface area (Å²) in [5, 5.41) is 3.09. The lowest BCUT2D eigenvalue weighted by molar-refractivity contribution is 0.323. The molecule has 132 valence electrons. The van der Waals surface area contributed by atoms with Crippen LogP contribution in [0.15, 0.2) is 59.9 Å². The molecule has 0 aliphatic carbocycles. The quantitative estimate of drug-likeness (QED) is 0.680. The second kappa shape index (κ2) is 6.16. The molecule has 3 aromatic rings. The number of amidine groups is 1. The topological polar surface area (TPSA) is 33.4 Å². The first-order valence-corrected chi connectivity index (χ1v) is 10.1. The summed E-state index contributed by atoms with van der Waals surface area (Å²) in [6.45, 7) is 6.51. The summed E-state index contributed by atoms with van der Waals surface area (Å²) in [6.07, 6.45) is 4.21. The van der Waals surface area contributed by atoms with Crippen LogP contribution in [-0.2, 0) is 6.54 Å². The van der Waals surface area contributed by atoms with Crippen molar-refractivity contribution in [3.8, 4) is 0 Å². The maximum absolute atomic E-state index is 5.10. The van der Waals surface area contributed by atoms with E-state index in [9.17, 15) is 0 Å². The number of hydrogen-bond acceptors (Lipinski definition) is 4. The fraction of sp³-hybridized carbons (Fsp3) is 0.333. The molecular formula is C21H22N4S. The number of para-hydroxylation sites is 1. The van der Waals surface area contributed by atoms with Gasteiger partial charge in [-0.25, -0.2) is 0 Å². The van der Waals surface area contributed by atoms with Gasteiger partial charge in [-0.15, -0.1) is 0 Å². The standard InChI is InChI=1S/C21H22N4S/c1-3-24-13-16(15-8-4-5-10-18(15)24)20-19(17-9-6-7-11-22-17)23-21-25(20)12-14(2)26-21/h4-11,13-14,19-20H,3,12H2,1-2H3/t14-,19-,20+/m0/s1. The molecule has 2 aliphatic heterocycles. The molecule has 4 nitrogen and oxygen atoms in total. The Balaban J connectivity index is 1.68. The van der Waals surface area contributed by atoms with Gasteiger partial charge in [0, 0.05) is 47.2 Å². The van der Waals surface area contributed by atoms with Crippen molar-refractivity contribution in [3.63, 3.8) is 0 Å². The molecule has 1 aromatic carbocycles. The van der Waals surface area contributed by atoms with Crippen molar-refractivity contribution in [2.24, 2.45) is 4.99 Å². The Kier molecular flexibility index (Phi) is 3.78. The molecule has 0 radical (unpaired) electrons. The highest BCUT2D eigenvalue weighted by Crippen LogP contribution is 2.49. The number of pyridine rings is 1. The number of fused-ring (bicyclic) bond motifs is 2. The Morgan fingerprint density at radius 3 is 2.81 bits per heavy atom. The number of thioether (sulfide) groups is 1. The third kappa shape index (κ3) is 2.37. The van der Waals surface area contributed by atoms with Crippen LogP contribution in [0.2, 0.25) is 0 Å². The van der Waals surface area contributed by atoms with Gasteiger partial charge < -0.3 is 9.47 Å². The number of aliphatic imine (C=N–C) groups is 1. The Hall–Kier alpha value is -2.27. The van der Waals surface area contributed by atoms with Crippen molar-refractivity contribution in [2.45, 2.75) is 37.7 Å². The minimum atomic E-state index is 0.0577. The van der Waals surface area contributed by atoms with Gasteiger partial charge in [-0.3, -0.25) is 9.98 Å². The van der Waals surface area contributed by atoms with Crippen molar-refractivity contribution in [1.29, 1.82) is 0 Å². The minimum Gasteiger partial charge on any atom is -0.347 e. The van der Waals surface area contributed by atoms with Crippen LogP contribution >= 0.6 is 11.8 Å². The third-order valence-electron chi connectivity index (χ3n) is 5.36. The van der Waals surface area contributed by atoms with Crippen LogP contribution in [0.25, 0.3) is 10.9 Å². The first kappa shape index (κ1) is 15.9. The largest absolute Gasteiger partial charge is 0.347 e. The van der Waals surface area contributed by atoms with Crippen LogP contribution in [0.4, 0.5) is 0 Å². The molecule has 1 fully saturated rings. The van der Waals surface area contributed by atoms with Crippen LogP contribution < -0.4 is 0 Å². The van der Waals surface area contributed by atoms with Crippen molar-refractivity contribution < 1.29 is 0 Å². The number of hydrogen-bond donors (Lipinski definition) is 0. The lowest BCUT2D eigenvalue weighted by Crippen LogP contribution is -2.28. The summed E-state index contributed by atoms with van der Waals surface area (Å²) in [5.74, 6) is 0. The molecule has 5 rings (SSSR count). The average molecular weight is 363 g/mol. The summed E-state index contributed by atoms with van der Waals surface area (Å²) in [7, 11) is 0. The molecule has 1 saturated heterocycles. The number of benzene rings is 1. The van der Waals surface area contributed by atoms with Gasteiger partial charge in [0.15, 0.2) is 5.17 Å². The van der Waals surface area contributed by atoms with Crippen LogP contribution in [0.5, 0.6) is 0 Å². The molecule has 2 aliphatic rings. The molecule has 26 heavy (non-hydrogen) atoms. The maximum atomic E-state index is 5.10. The number of aromatic nitrogens is 2. The van der Waals surface area contributed by atoms with E-state index in [4.69, 9.17) is 4.99 Å². The molecule has 0 N–H and O–H groups in total. The van der Waals surface area contributed by atoms with E-state index in [1.165, 1.54) is 21.6 Å². The first-order valence-electron chi connectivity index (χ1n) is 9.26. The van der Waals surface area contributed by atoms with Gasteiger partial charge in [-0.1, -0.05) is 43.0 Å². The van der Waals surface area contributed by atoms with Gasteiger partial charge in [0.05, 0.1) is 11.7 Å². The monoisotopic (exact) mass is 362 g/mol. The van der Waals surface area contributed by atoms with E-state index in [0.717, 1.165) is 18.8 Å². The summed E-state index contributed by atoms with van der Waals surface area (Å²) in [6, 6.07) is 15.1. The highest BCUT2D eigenvalue weighted by Gasteiger charge is 2.44. The average Bonchev–Trinajstić information content (AvgIpc) is 3.32. The molecule has 3 atom stereocenters. The van der Waals surface area contributed by atoms with E-state index in [2.05, 4.69) is 70.9 Å². The molecule has 4 heterocycles. The molecule has 0 bridgehead atoms. The van der Waals surface area contributed by atoms with Gasteiger partial charge in [-0.2, -0.15) is 0 Å². The predicted octanol–water partition coefficient (Wildman–Crippen LogP) is 4.65. The minimum absolute atomic E-state index is 0.0577. The Morgan fingerprint density at radius 1 is 1.15 bits per heavy atom. The van der Waals surface area contributed by atoms with Gasteiger partial charge in [0.2, 0.25) is 0 Å². The highest BCUT2D eigenvalue weighted by molar-refractivity contribution is 8.14. The molecule has 0 spiro atoms. The molecule has 0 unspecified atom stereocenters. The Morgan fingerprint density at radius 2 is 2.00 bits per heavy atom. The molecule has 0 amide bonds. The molecule has 2 aromatic heterocycles. The normalized spacial score (nSPS) is 24.9. The zero-order valence-electron chi connectivity index (χ0n) is 15.0. The van der Waals surface area contributed by atoms with E-state index in [1.807, 2.05) is 24.0 Å². The Labute approximate surface area is 157 Å². The van der Waals surface area contributed by atoms with Crippen molar-refractivity contribution in [3.05, 3.63) is 66.1 Å². The first-order chi connectivity index (χ1) is 12.8. The van der Waals surface area contributed by atoms with E-state index >= 15 is 0 Å². The third-order valence-corrected chi connectivity index (χ3v) is 6.46. The van der Waals surface area contributed by atoms with Crippen LogP contribution in [0, 0.1) is 0 Å². The van der Waals surface area contributed by atoms with Crippen molar-refractivity contribution in [2.75, 3.05) is 6.54 Å². The van der Waals surface area contributed by atoms with Gasteiger partial charge in [0.25, 0.3) is 0 Å². The summed E-state index contributed by atoms with van der Waals surface area (Å²) < 4.78 is 2.35. The maximum Gasteiger partial charge on any atom is 0.160 e. The van der Waals surface area contributed by atoms with Crippen LogP contribution in [0.1, 0.15) is 37.2 Å². The lowest BCUT2D eigenvalue weighted by atomic mass is 9.96. The molecular weight excluding hydrogens is 340 g/mol. The van der Waals surface area contributed by atoms with E-state index in [1.54, 1.807) is 0 Å². The van der Waals surface area contributed by atoms with E-state index in [0.29, 0.717) is 5.25 Å². The lowest BCUT2D eigenvalue weighted by Gasteiger charge is -2.26. The van der Waals surface area contributed by atoms with Crippen LogP contribution in [-0.4, -0.2) is 31.4 Å². The molecule has 0 saturated carbocycles. The summed E-state index contributed by atoms with van der Waals surface area (Å²) in [4.78, 5) is 12.2. The second-order valence-corrected chi connectivity index (χ2v) is 8.43. The zero-order chi connectivity index (χ0) is 17.7. The van der Waals surface area contributed by atoms with E-state index in [-0.39, 0.29) is 12.1 Å². The van der Waals surface area contributed by atoms with Gasteiger partial charge in [-0.05, 0) is 25.1 Å². The van der Waals surface area contributed by atoms with Crippen LogP contribution in [0.3, 0.4) is 0 Å². The van der Waals surface area contributed by atoms with Gasteiger partial charge >= 0.3 is 0 Å². The van der Waals surface area contributed by atoms with Gasteiger partial charge in [0.1, 0.15) is 6.04 Å². The SMILES string of the molecule is CCn1cc([C@@H]2[C@H](c3ccccn3)N=C3S[C@@H](C)CN32)c2ccccc21.